The van der Waals surface area contributed by atoms with Gasteiger partial charge >= 0.3 is 0 Å². The van der Waals surface area contributed by atoms with Crippen molar-refractivity contribution in [3.05, 3.63) is 82.5 Å². The van der Waals surface area contributed by atoms with Gasteiger partial charge in [0.25, 0.3) is 11.8 Å². The number of rotatable bonds is 5. The van der Waals surface area contributed by atoms with E-state index in [1.165, 1.54) is 0 Å². The minimum absolute atomic E-state index is 0.126. The molecule has 1 aliphatic rings. The predicted molar refractivity (Wildman–Crippen MR) is 122 cm³/mol. The van der Waals surface area contributed by atoms with Crippen LogP contribution in [0, 0.1) is 0 Å². The van der Waals surface area contributed by atoms with E-state index in [9.17, 15) is 9.59 Å². The molecule has 0 saturated heterocycles. The average molecular weight is 437 g/mol. The number of aryl methyl sites for hydroxylation is 1. The van der Waals surface area contributed by atoms with Crippen LogP contribution < -0.4 is 10.6 Å². The zero-order valence-electron chi connectivity index (χ0n) is 17.3. The smallest absolute Gasteiger partial charge is 0.256 e. The normalized spacial score (nSPS) is 18.4. The van der Waals surface area contributed by atoms with Crippen molar-refractivity contribution in [2.75, 3.05) is 5.32 Å². The van der Waals surface area contributed by atoms with Gasteiger partial charge < -0.3 is 10.6 Å². The summed E-state index contributed by atoms with van der Waals surface area (Å²) in [6.07, 6.45) is 3.61. The van der Waals surface area contributed by atoms with Gasteiger partial charge in [0.15, 0.2) is 0 Å². The molecule has 2 aromatic carbocycles. The average Bonchev–Trinajstić information content (AvgIpc) is 3.15. The van der Waals surface area contributed by atoms with Crippen LogP contribution in [0.5, 0.6) is 0 Å². The molecule has 1 aliphatic carbocycles. The van der Waals surface area contributed by atoms with Crippen molar-refractivity contribution in [2.24, 2.45) is 7.05 Å². The Labute approximate surface area is 186 Å². The standard InChI is InChI=1S/C24H25ClN4O2/c1-29-22(27-23(30)17-7-3-2-4-8-17)15-21(28-29)16-11-13-18(14-12-16)26-24(31)19-9-5-6-10-20(19)25/h2-10,15-16,18H,11-14H2,1H3,(H,26,31)(H,27,30). The Morgan fingerprint density at radius 2 is 1.65 bits per heavy atom. The molecule has 0 unspecified atom stereocenters. The first kappa shape index (κ1) is 21.1. The van der Waals surface area contributed by atoms with Crippen molar-refractivity contribution in [1.82, 2.24) is 15.1 Å². The Balaban J connectivity index is 1.34. The molecule has 1 fully saturated rings. The molecule has 6 nitrogen and oxygen atoms in total. The largest absolute Gasteiger partial charge is 0.349 e. The molecule has 2 N–H and O–H groups in total. The number of hydrogen-bond acceptors (Lipinski definition) is 3. The first-order valence-corrected chi connectivity index (χ1v) is 10.8. The van der Waals surface area contributed by atoms with Crippen molar-refractivity contribution in [1.29, 1.82) is 0 Å². The Morgan fingerprint density at radius 1 is 0.968 bits per heavy atom. The third kappa shape index (κ3) is 4.97. The number of amides is 2. The minimum Gasteiger partial charge on any atom is -0.349 e. The van der Waals surface area contributed by atoms with Gasteiger partial charge in [-0.25, -0.2) is 0 Å². The monoisotopic (exact) mass is 436 g/mol. The number of anilines is 1. The summed E-state index contributed by atoms with van der Waals surface area (Å²) in [5.41, 5.74) is 2.09. The van der Waals surface area contributed by atoms with Crippen LogP contribution >= 0.6 is 11.6 Å². The molecule has 0 bridgehead atoms. The van der Waals surface area contributed by atoms with Crippen LogP contribution in [0.25, 0.3) is 0 Å². The molecule has 31 heavy (non-hydrogen) atoms. The second kappa shape index (κ2) is 9.35. The second-order valence-electron chi connectivity index (χ2n) is 7.90. The van der Waals surface area contributed by atoms with E-state index >= 15 is 0 Å². The SMILES string of the molecule is Cn1nc(C2CCC(NC(=O)c3ccccc3Cl)CC2)cc1NC(=O)c1ccccc1. The number of halogens is 1. The van der Waals surface area contributed by atoms with Crippen molar-refractivity contribution < 1.29 is 9.59 Å². The summed E-state index contributed by atoms with van der Waals surface area (Å²) in [5, 5.41) is 11.1. The third-order valence-electron chi connectivity index (χ3n) is 5.78. The molecular formula is C24H25ClN4O2. The third-order valence-corrected chi connectivity index (χ3v) is 6.11. The number of benzene rings is 2. The summed E-state index contributed by atoms with van der Waals surface area (Å²) in [7, 11) is 1.83. The van der Waals surface area contributed by atoms with E-state index in [1.807, 2.05) is 43.4 Å². The van der Waals surface area contributed by atoms with E-state index in [-0.39, 0.29) is 17.9 Å². The van der Waals surface area contributed by atoms with Crippen molar-refractivity contribution in [2.45, 2.75) is 37.6 Å². The van der Waals surface area contributed by atoms with Crippen LogP contribution in [0.15, 0.2) is 60.7 Å². The van der Waals surface area contributed by atoms with Gasteiger partial charge in [0, 0.05) is 30.6 Å². The minimum atomic E-state index is -0.152. The van der Waals surface area contributed by atoms with Gasteiger partial charge in [-0.1, -0.05) is 41.9 Å². The van der Waals surface area contributed by atoms with Gasteiger partial charge in [0.05, 0.1) is 16.3 Å². The molecule has 0 aliphatic heterocycles. The van der Waals surface area contributed by atoms with Crippen LogP contribution in [-0.4, -0.2) is 27.6 Å². The van der Waals surface area contributed by atoms with Crippen LogP contribution in [0.2, 0.25) is 5.02 Å². The lowest BCUT2D eigenvalue weighted by atomic mass is 9.84. The molecule has 3 aromatic rings. The van der Waals surface area contributed by atoms with Crippen LogP contribution in [0.4, 0.5) is 5.82 Å². The van der Waals surface area contributed by atoms with Crippen molar-refractivity contribution in [3.63, 3.8) is 0 Å². The molecule has 0 spiro atoms. The summed E-state index contributed by atoms with van der Waals surface area (Å²) in [4.78, 5) is 24.9. The second-order valence-corrected chi connectivity index (χ2v) is 8.31. The molecule has 1 saturated carbocycles. The van der Waals surface area contributed by atoms with Gasteiger partial charge in [-0.15, -0.1) is 0 Å². The number of hydrogen-bond donors (Lipinski definition) is 2. The summed E-state index contributed by atoms with van der Waals surface area (Å²) >= 11 is 6.13. The molecular weight excluding hydrogens is 412 g/mol. The fraction of sp³-hybridized carbons (Fsp3) is 0.292. The maximum Gasteiger partial charge on any atom is 0.256 e. The lowest BCUT2D eigenvalue weighted by molar-refractivity contribution is 0.0925. The van der Waals surface area contributed by atoms with Gasteiger partial charge in [0.2, 0.25) is 0 Å². The van der Waals surface area contributed by atoms with Gasteiger partial charge in [-0.3, -0.25) is 14.3 Å². The highest BCUT2D eigenvalue weighted by Crippen LogP contribution is 2.33. The lowest BCUT2D eigenvalue weighted by Gasteiger charge is -2.28. The quantitative estimate of drug-likeness (QED) is 0.604. The summed E-state index contributed by atoms with van der Waals surface area (Å²) in [6, 6.07) is 18.3. The fourth-order valence-corrected chi connectivity index (χ4v) is 4.25. The highest BCUT2D eigenvalue weighted by Gasteiger charge is 2.26. The highest BCUT2D eigenvalue weighted by molar-refractivity contribution is 6.33. The Morgan fingerprint density at radius 3 is 2.35 bits per heavy atom. The zero-order chi connectivity index (χ0) is 21.8. The molecule has 1 aromatic heterocycles. The maximum atomic E-state index is 12.5. The molecule has 0 radical (unpaired) electrons. The Hall–Kier alpha value is -3.12. The van der Waals surface area contributed by atoms with Crippen molar-refractivity contribution >= 4 is 29.2 Å². The first-order chi connectivity index (χ1) is 15.0. The number of aromatic nitrogens is 2. The fourth-order valence-electron chi connectivity index (χ4n) is 4.03. The Bertz CT molecular complexity index is 1070. The number of carbonyl (C=O) groups is 2. The summed E-state index contributed by atoms with van der Waals surface area (Å²) in [6.45, 7) is 0. The van der Waals surface area contributed by atoms with Crippen molar-refractivity contribution in [3.8, 4) is 0 Å². The van der Waals surface area contributed by atoms with Gasteiger partial charge in [-0.2, -0.15) is 5.10 Å². The van der Waals surface area contributed by atoms with E-state index in [0.717, 1.165) is 31.4 Å². The summed E-state index contributed by atoms with van der Waals surface area (Å²) in [5.74, 6) is 0.707. The van der Waals surface area contributed by atoms with Gasteiger partial charge in [-0.05, 0) is 49.9 Å². The topological polar surface area (TPSA) is 76.0 Å². The van der Waals surface area contributed by atoms with E-state index in [4.69, 9.17) is 11.6 Å². The van der Waals surface area contributed by atoms with Crippen LogP contribution in [0.3, 0.4) is 0 Å². The van der Waals surface area contributed by atoms with E-state index in [2.05, 4.69) is 15.7 Å². The Kier molecular flexibility index (Phi) is 6.37. The van der Waals surface area contributed by atoms with Gasteiger partial charge in [0.1, 0.15) is 5.82 Å². The lowest BCUT2D eigenvalue weighted by Crippen LogP contribution is -2.37. The molecule has 0 atom stereocenters. The van der Waals surface area contributed by atoms with E-state index in [0.29, 0.717) is 27.9 Å². The molecule has 7 heteroatoms. The molecule has 1 heterocycles. The molecule has 160 valence electrons. The molecule has 2 amide bonds. The zero-order valence-corrected chi connectivity index (χ0v) is 18.1. The number of carbonyl (C=O) groups excluding carboxylic acids is 2. The number of nitrogens with one attached hydrogen (secondary N) is 2. The highest BCUT2D eigenvalue weighted by atomic mass is 35.5. The van der Waals surface area contributed by atoms with E-state index in [1.54, 1.807) is 28.9 Å². The maximum absolute atomic E-state index is 12.5. The molecule has 4 rings (SSSR count). The summed E-state index contributed by atoms with van der Waals surface area (Å²) < 4.78 is 1.71. The first-order valence-electron chi connectivity index (χ1n) is 10.5. The van der Waals surface area contributed by atoms with Crippen LogP contribution in [-0.2, 0) is 7.05 Å². The van der Waals surface area contributed by atoms with E-state index < -0.39 is 0 Å². The predicted octanol–water partition coefficient (Wildman–Crippen LogP) is 4.78. The number of nitrogens with zero attached hydrogens (tertiary/aromatic N) is 2. The van der Waals surface area contributed by atoms with Crippen LogP contribution in [0.1, 0.15) is 58.0 Å².